The van der Waals surface area contributed by atoms with Gasteiger partial charge in [-0.05, 0) is 61.6 Å². The van der Waals surface area contributed by atoms with E-state index in [1.807, 2.05) is 12.1 Å². The van der Waals surface area contributed by atoms with Crippen molar-refractivity contribution in [3.05, 3.63) is 42.2 Å². The van der Waals surface area contributed by atoms with Crippen LogP contribution >= 0.6 is 0 Å². The molecular weight excluding hydrogens is 227 g/mol. The molecule has 18 heavy (non-hydrogen) atoms. The van der Waals surface area contributed by atoms with E-state index in [0.717, 1.165) is 12.2 Å². The summed E-state index contributed by atoms with van der Waals surface area (Å²) >= 11 is 0. The van der Waals surface area contributed by atoms with Gasteiger partial charge in [-0.1, -0.05) is 18.2 Å². The smallest absolute Gasteiger partial charge is 0.118 e. The molecule has 98 valence electrons. The highest BCUT2D eigenvalue weighted by Gasteiger charge is 2.21. The summed E-state index contributed by atoms with van der Waals surface area (Å²) in [6, 6.07) is 8.41. The number of halogens is 1. The molecule has 1 nitrogen and oxygen atoms in total. The summed E-state index contributed by atoms with van der Waals surface area (Å²) in [7, 11) is 1.69. The maximum atomic E-state index is 12.0. The topological polar surface area (TPSA) is 9.23 Å². The molecule has 0 radical (unpaired) electrons. The SMILES string of the molecule is COc1ccc([C@H]2CC[C@H](CC=CF)CC2)cc1. The van der Waals surface area contributed by atoms with Crippen molar-refractivity contribution < 1.29 is 9.13 Å². The first-order valence-electron chi connectivity index (χ1n) is 6.72. The van der Waals surface area contributed by atoms with Crippen LogP contribution in [0.5, 0.6) is 5.75 Å². The van der Waals surface area contributed by atoms with Crippen molar-refractivity contribution in [2.75, 3.05) is 7.11 Å². The lowest BCUT2D eigenvalue weighted by atomic mass is 9.77. The molecule has 2 heteroatoms. The van der Waals surface area contributed by atoms with Crippen LogP contribution in [0, 0.1) is 5.92 Å². The molecule has 0 atom stereocenters. The highest BCUT2D eigenvalue weighted by molar-refractivity contribution is 5.29. The van der Waals surface area contributed by atoms with Gasteiger partial charge >= 0.3 is 0 Å². The van der Waals surface area contributed by atoms with Crippen LogP contribution in [-0.2, 0) is 0 Å². The minimum absolute atomic E-state index is 0.668. The minimum atomic E-state index is 0.668. The quantitative estimate of drug-likeness (QED) is 0.740. The third kappa shape index (κ3) is 3.34. The third-order valence-electron chi connectivity index (χ3n) is 3.99. The van der Waals surface area contributed by atoms with Crippen LogP contribution in [0.25, 0.3) is 0 Å². The molecule has 0 N–H and O–H groups in total. The van der Waals surface area contributed by atoms with Gasteiger partial charge in [-0.3, -0.25) is 0 Å². The van der Waals surface area contributed by atoms with Gasteiger partial charge in [-0.15, -0.1) is 0 Å². The van der Waals surface area contributed by atoms with Crippen LogP contribution in [0.15, 0.2) is 36.7 Å². The van der Waals surface area contributed by atoms with Crippen LogP contribution in [0.2, 0.25) is 0 Å². The number of benzene rings is 1. The van der Waals surface area contributed by atoms with Crippen molar-refractivity contribution in [1.29, 1.82) is 0 Å². The minimum Gasteiger partial charge on any atom is -0.497 e. The van der Waals surface area contributed by atoms with Crippen LogP contribution in [-0.4, -0.2) is 7.11 Å². The Morgan fingerprint density at radius 3 is 2.39 bits per heavy atom. The van der Waals surface area contributed by atoms with Crippen LogP contribution in [0.1, 0.15) is 43.6 Å². The first kappa shape index (κ1) is 13.1. The fourth-order valence-corrected chi connectivity index (χ4v) is 2.85. The zero-order valence-electron chi connectivity index (χ0n) is 10.9. The number of ether oxygens (including phenoxy) is 1. The Morgan fingerprint density at radius 1 is 1.17 bits per heavy atom. The average Bonchev–Trinajstić information content (AvgIpc) is 2.46. The summed E-state index contributed by atoms with van der Waals surface area (Å²) in [5.74, 6) is 2.26. The molecule has 1 aromatic rings. The molecule has 0 spiro atoms. The van der Waals surface area contributed by atoms with E-state index in [0.29, 0.717) is 18.2 Å². The van der Waals surface area contributed by atoms with E-state index in [9.17, 15) is 4.39 Å². The van der Waals surface area contributed by atoms with Crippen molar-refractivity contribution >= 4 is 0 Å². The molecule has 0 bridgehead atoms. The second-order valence-electron chi connectivity index (χ2n) is 5.09. The Labute approximate surface area is 109 Å². The molecule has 2 rings (SSSR count). The van der Waals surface area contributed by atoms with Gasteiger partial charge < -0.3 is 4.74 Å². The van der Waals surface area contributed by atoms with Gasteiger partial charge in [0.25, 0.3) is 0 Å². The Balaban J connectivity index is 1.88. The maximum absolute atomic E-state index is 12.0. The number of hydrogen-bond donors (Lipinski definition) is 0. The van der Waals surface area contributed by atoms with Crippen LogP contribution in [0.4, 0.5) is 4.39 Å². The molecule has 1 aliphatic rings. The summed E-state index contributed by atoms with van der Waals surface area (Å²) in [4.78, 5) is 0. The maximum Gasteiger partial charge on any atom is 0.118 e. The number of hydrogen-bond acceptors (Lipinski definition) is 1. The zero-order valence-corrected chi connectivity index (χ0v) is 10.9. The lowest BCUT2D eigenvalue weighted by molar-refractivity contribution is 0.327. The second kappa shape index (κ2) is 6.58. The molecule has 0 aliphatic heterocycles. The van der Waals surface area contributed by atoms with E-state index in [1.54, 1.807) is 13.2 Å². The number of allylic oxidation sites excluding steroid dienone is 1. The number of rotatable bonds is 4. The van der Waals surface area contributed by atoms with Crippen molar-refractivity contribution in [1.82, 2.24) is 0 Å². The van der Waals surface area contributed by atoms with Crippen LogP contribution < -0.4 is 4.74 Å². The second-order valence-corrected chi connectivity index (χ2v) is 5.09. The van der Waals surface area contributed by atoms with Gasteiger partial charge in [-0.2, -0.15) is 0 Å². The predicted molar refractivity (Wildman–Crippen MR) is 72.6 cm³/mol. The van der Waals surface area contributed by atoms with Crippen LogP contribution in [0.3, 0.4) is 0 Å². The molecule has 1 fully saturated rings. The van der Waals surface area contributed by atoms with Gasteiger partial charge in [0.05, 0.1) is 13.4 Å². The molecule has 0 amide bonds. The Hall–Kier alpha value is -1.31. The molecule has 1 saturated carbocycles. The van der Waals surface area contributed by atoms with Crippen molar-refractivity contribution in [2.45, 2.75) is 38.0 Å². The normalized spacial score (nSPS) is 24.3. The van der Waals surface area contributed by atoms with Crippen molar-refractivity contribution in [3.63, 3.8) is 0 Å². The lowest BCUT2D eigenvalue weighted by Crippen LogP contribution is -2.12. The standard InChI is InChI=1S/C16H21FO/c1-18-16-10-8-15(9-11-16)14-6-4-13(5-7-14)3-2-12-17/h2,8-14H,3-7H2,1H3/t13-,14-. The van der Waals surface area contributed by atoms with Crippen molar-refractivity contribution in [3.8, 4) is 5.75 Å². The molecule has 1 aromatic carbocycles. The van der Waals surface area contributed by atoms with E-state index in [1.165, 1.54) is 31.2 Å². The molecule has 1 aliphatic carbocycles. The molecule has 0 saturated heterocycles. The van der Waals surface area contributed by atoms with Gasteiger partial charge in [0.2, 0.25) is 0 Å². The Bertz CT molecular complexity index is 375. The van der Waals surface area contributed by atoms with E-state index in [4.69, 9.17) is 4.74 Å². The Kier molecular flexibility index (Phi) is 4.80. The highest BCUT2D eigenvalue weighted by atomic mass is 19.1. The van der Waals surface area contributed by atoms with E-state index >= 15 is 0 Å². The molecule has 0 heterocycles. The molecule has 0 unspecified atom stereocenters. The first-order valence-corrected chi connectivity index (χ1v) is 6.72. The first-order chi connectivity index (χ1) is 8.83. The van der Waals surface area contributed by atoms with Gasteiger partial charge in [0.15, 0.2) is 0 Å². The monoisotopic (exact) mass is 248 g/mol. The highest BCUT2D eigenvalue weighted by Crippen LogP contribution is 2.37. The van der Waals surface area contributed by atoms with Crippen molar-refractivity contribution in [2.24, 2.45) is 5.92 Å². The summed E-state index contributed by atoms with van der Waals surface area (Å²) in [5, 5.41) is 0. The largest absolute Gasteiger partial charge is 0.497 e. The molecular formula is C16H21FO. The van der Waals surface area contributed by atoms with Gasteiger partial charge in [0.1, 0.15) is 5.75 Å². The summed E-state index contributed by atoms with van der Waals surface area (Å²) in [6.45, 7) is 0. The summed E-state index contributed by atoms with van der Waals surface area (Å²) < 4.78 is 17.1. The third-order valence-corrected chi connectivity index (χ3v) is 3.99. The fourth-order valence-electron chi connectivity index (χ4n) is 2.85. The predicted octanol–water partition coefficient (Wildman–Crippen LogP) is 4.84. The van der Waals surface area contributed by atoms with Gasteiger partial charge in [0, 0.05) is 0 Å². The molecule has 0 aromatic heterocycles. The lowest BCUT2D eigenvalue weighted by Gasteiger charge is -2.28. The fraction of sp³-hybridized carbons (Fsp3) is 0.500. The van der Waals surface area contributed by atoms with Gasteiger partial charge in [-0.25, -0.2) is 4.39 Å². The van der Waals surface area contributed by atoms with E-state index in [2.05, 4.69) is 12.1 Å². The van der Waals surface area contributed by atoms with E-state index in [-0.39, 0.29) is 0 Å². The summed E-state index contributed by atoms with van der Waals surface area (Å²) in [6.07, 6.45) is 8.08. The van der Waals surface area contributed by atoms with E-state index < -0.39 is 0 Å². The summed E-state index contributed by atoms with van der Waals surface area (Å²) in [5.41, 5.74) is 1.41. The number of methoxy groups -OCH3 is 1. The average molecular weight is 248 g/mol. The Morgan fingerprint density at radius 2 is 1.83 bits per heavy atom. The zero-order chi connectivity index (χ0) is 12.8.